The van der Waals surface area contributed by atoms with E-state index in [1.54, 1.807) is 0 Å². The van der Waals surface area contributed by atoms with Crippen molar-refractivity contribution in [2.75, 3.05) is 26.7 Å². The smallest absolute Gasteiger partial charge is 0.0465 e. The average Bonchev–Trinajstić information content (AvgIpc) is 1.99. The minimum atomic E-state index is 0.402. The topological polar surface area (TPSA) is 23.5 Å². The molecule has 0 aromatic heterocycles. The second-order valence-electron chi connectivity index (χ2n) is 6.16. The highest BCUT2D eigenvalue weighted by Crippen LogP contribution is 2.47. The van der Waals surface area contributed by atoms with Gasteiger partial charge in [-0.1, -0.05) is 13.8 Å². The quantitative estimate of drug-likeness (QED) is 0.690. The van der Waals surface area contributed by atoms with Crippen LogP contribution in [0.1, 0.15) is 26.7 Å². The number of aliphatic hydroxyl groups excluding tert-OH is 1. The van der Waals surface area contributed by atoms with Gasteiger partial charge in [0, 0.05) is 19.7 Å². The fourth-order valence-electron chi connectivity index (χ4n) is 3.76. The Balaban J connectivity index is 2.14. The van der Waals surface area contributed by atoms with Gasteiger partial charge in [0.05, 0.1) is 0 Å². The van der Waals surface area contributed by atoms with Crippen molar-refractivity contribution < 1.29 is 5.11 Å². The lowest BCUT2D eigenvalue weighted by Gasteiger charge is -2.51. The lowest BCUT2D eigenvalue weighted by atomic mass is 9.60. The van der Waals surface area contributed by atoms with Crippen LogP contribution in [0, 0.1) is 23.2 Å². The van der Waals surface area contributed by atoms with E-state index in [9.17, 15) is 5.11 Å². The zero-order valence-corrected chi connectivity index (χ0v) is 9.66. The third-order valence-corrected chi connectivity index (χ3v) is 4.14. The van der Waals surface area contributed by atoms with E-state index < -0.39 is 0 Å². The van der Waals surface area contributed by atoms with E-state index in [1.807, 2.05) is 0 Å². The van der Waals surface area contributed by atoms with Gasteiger partial charge in [-0.2, -0.15) is 0 Å². The lowest BCUT2D eigenvalue weighted by Crippen LogP contribution is -2.51. The molecule has 1 saturated carbocycles. The van der Waals surface area contributed by atoms with E-state index in [-0.39, 0.29) is 0 Å². The molecule has 2 aliphatic rings. The Morgan fingerprint density at radius 1 is 1.21 bits per heavy atom. The summed E-state index contributed by atoms with van der Waals surface area (Å²) in [6.45, 7) is 7.54. The molecule has 0 aromatic rings. The lowest BCUT2D eigenvalue weighted by molar-refractivity contribution is -0.0421. The van der Waals surface area contributed by atoms with Crippen molar-refractivity contribution in [2.24, 2.45) is 23.2 Å². The molecule has 0 spiro atoms. The molecular formula is C12H23NO. The van der Waals surface area contributed by atoms with Crippen molar-refractivity contribution in [3.05, 3.63) is 0 Å². The summed E-state index contributed by atoms with van der Waals surface area (Å²) in [5.74, 6) is 2.04. The zero-order valence-electron chi connectivity index (χ0n) is 9.66. The van der Waals surface area contributed by atoms with Crippen LogP contribution < -0.4 is 0 Å². The van der Waals surface area contributed by atoms with Crippen LogP contribution in [-0.4, -0.2) is 36.8 Å². The fraction of sp³-hybridized carbons (Fsp3) is 1.00. The van der Waals surface area contributed by atoms with Gasteiger partial charge in [0.2, 0.25) is 0 Å². The molecule has 1 heterocycles. The van der Waals surface area contributed by atoms with Crippen molar-refractivity contribution in [1.29, 1.82) is 0 Å². The largest absolute Gasteiger partial charge is 0.396 e. The predicted octanol–water partition coefficient (Wildman–Crippen LogP) is 1.59. The molecule has 2 unspecified atom stereocenters. The van der Waals surface area contributed by atoms with Gasteiger partial charge in [0.1, 0.15) is 0 Å². The number of hydrogen-bond donors (Lipinski definition) is 1. The summed E-state index contributed by atoms with van der Waals surface area (Å²) in [5.41, 5.74) is 0.502. The first kappa shape index (κ1) is 10.4. The zero-order chi connectivity index (χ0) is 10.3. The molecule has 2 rings (SSSR count). The normalized spacial score (nSPS) is 42.4. The molecule has 0 radical (unpaired) electrons. The molecule has 82 valence electrons. The monoisotopic (exact) mass is 197 g/mol. The van der Waals surface area contributed by atoms with E-state index in [2.05, 4.69) is 25.8 Å². The third kappa shape index (κ3) is 1.82. The molecule has 2 atom stereocenters. The molecule has 1 N–H and O–H groups in total. The van der Waals surface area contributed by atoms with E-state index in [1.165, 1.54) is 25.9 Å². The second kappa shape index (κ2) is 3.49. The number of fused-ring (bicyclic) bond motifs is 2. The van der Waals surface area contributed by atoms with Crippen molar-refractivity contribution in [3.63, 3.8) is 0 Å². The van der Waals surface area contributed by atoms with Gasteiger partial charge in [0.25, 0.3) is 0 Å². The van der Waals surface area contributed by atoms with Gasteiger partial charge in [-0.15, -0.1) is 0 Å². The van der Waals surface area contributed by atoms with Crippen LogP contribution in [0.2, 0.25) is 0 Å². The van der Waals surface area contributed by atoms with Crippen molar-refractivity contribution in [3.8, 4) is 0 Å². The Bertz CT molecular complexity index is 196. The Labute approximate surface area is 87.3 Å². The first-order valence-electron chi connectivity index (χ1n) is 5.81. The fourth-order valence-corrected chi connectivity index (χ4v) is 3.76. The Morgan fingerprint density at radius 2 is 1.71 bits per heavy atom. The molecule has 14 heavy (non-hydrogen) atoms. The Morgan fingerprint density at radius 3 is 2.14 bits per heavy atom. The third-order valence-electron chi connectivity index (χ3n) is 4.14. The summed E-state index contributed by atoms with van der Waals surface area (Å²) in [4.78, 5) is 2.44. The number of aliphatic hydroxyl groups is 1. The highest BCUT2D eigenvalue weighted by Gasteiger charge is 2.44. The summed E-state index contributed by atoms with van der Waals surface area (Å²) < 4.78 is 0. The van der Waals surface area contributed by atoms with Gasteiger partial charge >= 0.3 is 0 Å². The van der Waals surface area contributed by atoms with Gasteiger partial charge in [0.15, 0.2) is 0 Å². The van der Waals surface area contributed by atoms with Crippen molar-refractivity contribution in [1.82, 2.24) is 4.90 Å². The molecule has 1 aliphatic carbocycles. The van der Waals surface area contributed by atoms with Gasteiger partial charge in [-0.25, -0.2) is 0 Å². The molecule has 1 saturated heterocycles. The van der Waals surface area contributed by atoms with Gasteiger partial charge < -0.3 is 10.0 Å². The van der Waals surface area contributed by atoms with Crippen LogP contribution in [0.4, 0.5) is 0 Å². The summed E-state index contributed by atoms with van der Waals surface area (Å²) in [5, 5.41) is 9.43. The van der Waals surface area contributed by atoms with Gasteiger partial charge in [-0.05, 0) is 43.1 Å². The van der Waals surface area contributed by atoms with Crippen molar-refractivity contribution >= 4 is 0 Å². The number of piperidine rings is 1. The maximum atomic E-state index is 9.43. The van der Waals surface area contributed by atoms with Gasteiger partial charge in [-0.3, -0.25) is 0 Å². The van der Waals surface area contributed by atoms with E-state index in [0.29, 0.717) is 17.9 Å². The first-order valence-corrected chi connectivity index (χ1v) is 5.81. The molecular weight excluding hydrogens is 174 g/mol. The molecule has 2 fully saturated rings. The van der Waals surface area contributed by atoms with Crippen molar-refractivity contribution in [2.45, 2.75) is 26.7 Å². The summed E-state index contributed by atoms with van der Waals surface area (Å²) in [6.07, 6.45) is 2.58. The molecule has 0 aromatic carbocycles. The summed E-state index contributed by atoms with van der Waals surface area (Å²) >= 11 is 0. The Hall–Kier alpha value is -0.0800. The van der Waals surface area contributed by atoms with E-state index in [4.69, 9.17) is 0 Å². The van der Waals surface area contributed by atoms with Crippen LogP contribution in [0.15, 0.2) is 0 Å². The minimum absolute atomic E-state index is 0.402. The second-order valence-corrected chi connectivity index (χ2v) is 6.16. The molecule has 1 aliphatic heterocycles. The summed E-state index contributed by atoms with van der Waals surface area (Å²) in [6, 6.07) is 0. The Kier molecular flexibility index (Phi) is 2.61. The first-order chi connectivity index (χ1) is 6.52. The highest BCUT2D eigenvalue weighted by molar-refractivity contribution is 4.95. The standard InChI is InChI=1S/C12H23NO/c1-12(2)4-9-6-13(3)7-10(5-12)11(9)8-14/h9-11,14H,4-8H2,1-3H3. The number of nitrogens with zero attached hydrogens (tertiary/aromatic N) is 1. The SMILES string of the molecule is CN1CC2CC(C)(C)CC(C1)C2CO. The molecule has 2 bridgehead atoms. The van der Waals surface area contributed by atoms with Crippen LogP contribution in [0.3, 0.4) is 0 Å². The highest BCUT2D eigenvalue weighted by atomic mass is 16.3. The average molecular weight is 197 g/mol. The van der Waals surface area contributed by atoms with E-state index >= 15 is 0 Å². The predicted molar refractivity (Wildman–Crippen MR) is 58.1 cm³/mol. The minimum Gasteiger partial charge on any atom is -0.396 e. The number of likely N-dealkylation sites (tertiary alicyclic amines) is 1. The molecule has 2 nitrogen and oxygen atoms in total. The van der Waals surface area contributed by atoms with Crippen LogP contribution in [-0.2, 0) is 0 Å². The molecule has 0 amide bonds. The maximum Gasteiger partial charge on any atom is 0.0465 e. The maximum absolute atomic E-state index is 9.43. The van der Waals surface area contributed by atoms with Crippen LogP contribution in [0.25, 0.3) is 0 Å². The van der Waals surface area contributed by atoms with E-state index in [0.717, 1.165) is 11.8 Å². The van der Waals surface area contributed by atoms with Crippen LogP contribution in [0.5, 0.6) is 0 Å². The molecule has 2 heteroatoms. The summed E-state index contributed by atoms with van der Waals surface area (Å²) in [7, 11) is 2.21. The number of rotatable bonds is 1. The van der Waals surface area contributed by atoms with Crippen LogP contribution >= 0.6 is 0 Å². The number of hydrogen-bond acceptors (Lipinski definition) is 2.